The van der Waals surface area contributed by atoms with Gasteiger partial charge >= 0.3 is 13.6 Å². The lowest BCUT2D eigenvalue weighted by atomic mass is 10.1. The summed E-state index contributed by atoms with van der Waals surface area (Å²) < 4.78 is 22.0. The normalized spacial score (nSPS) is 13.3. The average Bonchev–Trinajstić information content (AvgIpc) is 2.24. The van der Waals surface area contributed by atoms with Crippen LogP contribution in [0.1, 0.15) is 27.2 Å². The molecule has 0 aromatic carbocycles. The number of aliphatic carboxylic acids is 1. The molecule has 8 heteroatoms. The van der Waals surface area contributed by atoms with Crippen molar-refractivity contribution in [2.24, 2.45) is 0 Å². The van der Waals surface area contributed by atoms with Gasteiger partial charge in [0, 0.05) is 6.42 Å². The smallest absolute Gasteiger partial charge is 0.344 e. The molecule has 0 fully saturated rings. The first-order chi connectivity index (χ1) is 8.34. The van der Waals surface area contributed by atoms with Crippen molar-refractivity contribution in [2.45, 2.75) is 33.2 Å². The van der Waals surface area contributed by atoms with Gasteiger partial charge in [0.25, 0.3) is 0 Å². The summed E-state index contributed by atoms with van der Waals surface area (Å²) in [4.78, 5) is 21.8. The molecule has 2 N–H and O–H groups in total. The lowest BCUT2D eigenvalue weighted by molar-refractivity contribution is -0.141. The monoisotopic (exact) mass is 281 g/mol. The summed E-state index contributed by atoms with van der Waals surface area (Å²) in [7, 11) is -3.34. The molecular formula is C10H20NO6P. The molecule has 0 radical (unpaired) electrons. The van der Waals surface area contributed by atoms with Gasteiger partial charge in [-0.15, -0.1) is 0 Å². The van der Waals surface area contributed by atoms with E-state index < -0.39 is 19.6 Å². The molecule has 0 aromatic rings. The van der Waals surface area contributed by atoms with E-state index in [0.717, 1.165) is 0 Å². The zero-order valence-electron chi connectivity index (χ0n) is 10.8. The van der Waals surface area contributed by atoms with Crippen LogP contribution >= 0.6 is 7.60 Å². The molecule has 0 rings (SSSR count). The molecule has 0 heterocycles. The minimum atomic E-state index is -3.34. The molecule has 0 spiro atoms. The molecule has 0 aliphatic rings. The summed E-state index contributed by atoms with van der Waals surface area (Å²) in [5, 5.41) is 11.4. The van der Waals surface area contributed by atoms with Crippen LogP contribution in [0.15, 0.2) is 0 Å². The van der Waals surface area contributed by atoms with Crippen LogP contribution in [0, 0.1) is 0 Å². The van der Waals surface area contributed by atoms with Crippen LogP contribution in [-0.4, -0.2) is 42.4 Å². The first kappa shape index (κ1) is 17.2. The molecule has 1 unspecified atom stereocenters. The van der Waals surface area contributed by atoms with E-state index in [0.29, 0.717) is 0 Å². The van der Waals surface area contributed by atoms with E-state index in [2.05, 4.69) is 5.32 Å². The van der Waals surface area contributed by atoms with E-state index in [4.69, 9.17) is 14.2 Å². The Bertz CT molecular complexity index is 322. The summed E-state index contributed by atoms with van der Waals surface area (Å²) in [6.45, 7) is 5.01. The topological polar surface area (TPSA) is 102 Å². The third kappa shape index (κ3) is 6.86. The lowest BCUT2D eigenvalue weighted by Gasteiger charge is -2.20. The Morgan fingerprint density at radius 3 is 2.11 bits per heavy atom. The Hall–Kier alpha value is -0.750. The number of carbonyl (C=O) groups excluding carboxylic acids is 1. The Morgan fingerprint density at radius 2 is 1.78 bits per heavy atom. The van der Waals surface area contributed by atoms with E-state index in [1.165, 1.54) is 6.92 Å². The highest BCUT2D eigenvalue weighted by Crippen LogP contribution is 2.46. The summed E-state index contributed by atoms with van der Waals surface area (Å²) in [6.07, 6.45) is -0.410. The van der Waals surface area contributed by atoms with Gasteiger partial charge in [-0.05, 0) is 20.8 Å². The average molecular weight is 281 g/mol. The molecule has 1 atom stereocenters. The quantitative estimate of drug-likeness (QED) is 0.580. The Labute approximate surface area is 106 Å². The van der Waals surface area contributed by atoms with Crippen molar-refractivity contribution >= 4 is 19.3 Å². The van der Waals surface area contributed by atoms with E-state index in [1.807, 2.05) is 0 Å². The van der Waals surface area contributed by atoms with Crippen LogP contribution in [0.4, 0.5) is 0 Å². The van der Waals surface area contributed by atoms with Crippen molar-refractivity contribution in [1.82, 2.24) is 5.32 Å². The molecule has 106 valence electrons. The number of carbonyl (C=O) groups is 2. The van der Waals surface area contributed by atoms with Crippen LogP contribution in [0.5, 0.6) is 0 Å². The summed E-state index contributed by atoms with van der Waals surface area (Å²) in [5.74, 6) is -1.44. The fraction of sp³-hybridized carbons (Fsp3) is 0.800. The van der Waals surface area contributed by atoms with Gasteiger partial charge in [0.2, 0.25) is 0 Å². The van der Waals surface area contributed by atoms with E-state index >= 15 is 0 Å². The highest BCUT2D eigenvalue weighted by molar-refractivity contribution is 7.53. The Morgan fingerprint density at radius 1 is 1.28 bits per heavy atom. The third-order valence-corrected chi connectivity index (χ3v) is 3.85. The fourth-order valence-electron chi connectivity index (χ4n) is 1.28. The number of Topliss-reactive ketones (excluding diaryl/α,β-unsaturated/α-hetero) is 1. The lowest BCUT2D eigenvalue weighted by Crippen LogP contribution is -2.39. The number of rotatable bonds is 10. The summed E-state index contributed by atoms with van der Waals surface area (Å²) in [6, 6.07) is -1.09. The fourth-order valence-corrected chi connectivity index (χ4v) is 2.77. The van der Waals surface area contributed by atoms with Crippen molar-refractivity contribution in [1.29, 1.82) is 0 Å². The largest absolute Gasteiger partial charge is 0.480 e. The van der Waals surface area contributed by atoms with Crippen molar-refractivity contribution in [2.75, 3.05) is 19.5 Å². The van der Waals surface area contributed by atoms with Crippen LogP contribution in [0.25, 0.3) is 0 Å². The second-order valence-electron chi connectivity index (χ2n) is 3.61. The molecule has 0 amide bonds. The summed E-state index contributed by atoms with van der Waals surface area (Å²) in [5.41, 5.74) is 0. The molecule has 0 bridgehead atoms. The van der Waals surface area contributed by atoms with Crippen molar-refractivity contribution in [3.05, 3.63) is 0 Å². The summed E-state index contributed by atoms with van der Waals surface area (Å²) >= 11 is 0. The maximum Gasteiger partial charge on any atom is 0.344 e. The van der Waals surface area contributed by atoms with E-state index in [9.17, 15) is 14.2 Å². The number of nitrogens with one attached hydrogen (secondary N) is 1. The SMILES string of the molecule is CCOP(=O)(CNC(CC(C)=O)C(=O)O)OCC. The molecule has 18 heavy (non-hydrogen) atoms. The van der Waals surface area contributed by atoms with Crippen molar-refractivity contribution in [3.63, 3.8) is 0 Å². The maximum absolute atomic E-state index is 12.0. The number of carboxylic acid groups (broad SMARTS) is 1. The third-order valence-electron chi connectivity index (χ3n) is 1.97. The predicted octanol–water partition coefficient (Wildman–Crippen LogP) is 1.23. The van der Waals surface area contributed by atoms with E-state index in [-0.39, 0.29) is 31.7 Å². The first-order valence-corrected chi connectivity index (χ1v) is 7.41. The van der Waals surface area contributed by atoms with Gasteiger partial charge < -0.3 is 14.2 Å². The standard InChI is InChI=1S/C10H20NO6P/c1-4-16-18(15,17-5-2)7-11-9(10(13)14)6-8(3)12/h9,11H,4-7H2,1-3H3,(H,13,14). The van der Waals surface area contributed by atoms with Gasteiger partial charge in [0.15, 0.2) is 0 Å². The second kappa shape index (κ2) is 8.37. The molecule has 0 saturated carbocycles. The van der Waals surface area contributed by atoms with Crippen LogP contribution in [0.3, 0.4) is 0 Å². The van der Waals surface area contributed by atoms with Gasteiger partial charge in [-0.2, -0.15) is 0 Å². The molecule has 0 aliphatic carbocycles. The number of ketones is 1. The molecule has 0 saturated heterocycles. The second-order valence-corrected chi connectivity index (χ2v) is 5.66. The Kier molecular flexibility index (Phi) is 8.02. The van der Waals surface area contributed by atoms with Crippen molar-refractivity contribution in [3.8, 4) is 0 Å². The van der Waals surface area contributed by atoms with Gasteiger partial charge in [-0.3, -0.25) is 19.5 Å². The predicted molar refractivity (Wildman–Crippen MR) is 65.6 cm³/mol. The number of hydrogen-bond acceptors (Lipinski definition) is 6. The van der Waals surface area contributed by atoms with Gasteiger partial charge in [-0.25, -0.2) is 0 Å². The molecule has 0 aliphatic heterocycles. The zero-order valence-corrected chi connectivity index (χ0v) is 11.7. The maximum atomic E-state index is 12.0. The van der Waals surface area contributed by atoms with Gasteiger partial charge in [0.1, 0.15) is 11.8 Å². The van der Waals surface area contributed by atoms with Gasteiger partial charge in [0.05, 0.1) is 19.5 Å². The number of hydrogen-bond donors (Lipinski definition) is 2. The molecular weight excluding hydrogens is 261 g/mol. The molecule has 7 nitrogen and oxygen atoms in total. The zero-order chi connectivity index (χ0) is 14.2. The minimum absolute atomic E-state index is 0.173. The van der Waals surface area contributed by atoms with Crippen molar-refractivity contribution < 1.29 is 28.3 Å². The first-order valence-electron chi connectivity index (χ1n) is 5.68. The van der Waals surface area contributed by atoms with Crippen LogP contribution in [-0.2, 0) is 23.2 Å². The highest BCUT2D eigenvalue weighted by atomic mass is 31.2. The molecule has 0 aromatic heterocycles. The van der Waals surface area contributed by atoms with Crippen LogP contribution in [0.2, 0.25) is 0 Å². The Balaban J connectivity index is 4.50. The van der Waals surface area contributed by atoms with Crippen LogP contribution < -0.4 is 5.32 Å². The number of carboxylic acids is 1. The highest BCUT2D eigenvalue weighted by Gasteiger charge is 2.27. The van der Waals surface area contributed by atoms with Gasteiger partial charge in [-0.1, -0.05) is 0 Å². The minimum Gasteiger partial charge on any atom is -0.480 e. The van der Waals surface area contributed by atoms with E-state index in [1.54, 1.807) is 13.8 Å².